The first-order valence-electron chi connectivity index (χ1n) is 10.9. The van der Waals surface area contributed by atoms with E-state index in [1.165, 1.54) is 0 Å². The topological polar surface area (TPSA) is 98.5 Å². The summed E-state index contributed by atoms with van der Waals surface area (Å²) >= 11 is -1.48. The van der Waals surface area contributed by atoms with Crippen molar-refractivity contribution >= 4 is 21.4 Å². The number of rotatable bonds is 8. The Kier molecular flexibility index (Phi) is 7.88. The summed E-state index contributed by atoms with van der Waals surface area (Å²) in [4.78, 5) is 0. The lowest BCUT2D eigenvalue weighted by molar-refractivity contribution is 0.165. The molecule has 0 amide bonds. The lowest BCUT2D eigenvalue weighted by Crippen LogP contribution is -2.54. The van der Waals surface area contributed by atoms with Crippen LogP contribution in [0, 0.1) is 23.4 Å². The molecule has 0 aromatic heterocycles. The second kappa shape index (κ2) is 9.79. The molecule has 2 fully saturated rings. The average Bonchev–Trinajstić information content (AvgIpc) is 2.96. The Balaban J connectivity index is 1.86. The molecule has 2 aliphatic rings. The van der Waals surface area contributed by atoms with Crippen molar-refractivity contribution in [2.24, 2.45) is 11.7 Å². The zero-order chi connectivity index (χ0) is 23.8. The van der Waals surface area contributed by atoms with Crippen LogP contribution in [0.15, 0.2) is 12.1 Å². The lowest BCUT2D eigenvalue weighted by Gasteiger charge is -2.41. The normalized spacial score (nSPS) is 26.3. The largest absolute Gasteiger partial charge is 0.598 e. The maximum absolute atomic E-state index is 14.4. The van der Waals surface area contributed by atoms with Crippen LogP contribution in [-0.2, 0) is 27.8 Å². The van der Waals surface area contributed by atoms with E-state index < -0.39 is 49.6 Å². The Morgan fingerprint density at radius 1 is 1.16 bits per heavy atom. The van der Waals surface area contributed by atoms with Gasteiger partial charge < -0.3 is 10.3 Å². The molecule has 32 heavy (non-hydrogen) atoms. The SMILES string of the molecule is CC(C)(C)[S+]([O-])N[C@@H](Cc1cc(F)c(F)cc1F)C1CC2CCC(C1)N2S(=O)(=O)CCN. The number of benzene rings is 1. The lowest BCUT2D eigenvalue weighted by atomic mass is 9.83. The number of halogens is 3. The fourth-order valence-corrected chi connectivity index (χ4v) is 7.49. The molecular formula is C21H32F3N3O3S2. The minimum absolute atomic E-state index is 0.00200. The van der Waals surface area contributed by atoms with E-state index in [0.717, 1.165) is 18.9 Å². The second-order valence-electron chi connectivity index (χ2n) is 9.72. The molecule has 182 valence electrons. The Hall–Kier alpha value is -0.850. The van der Waals surface area contributed by atoms with Gasteiger partial charge in [-0.1, -0.05) is 0 Å². The van der Waals surface area contributed by atoms with E-state index >= 15 is 0 Å². The third kappa shape index (κ3) is 5.61. The third-order valence-corrected chi connectivity index (χ3v) is 9.93. The maximum atomic E-state index is 14.4. The fourth-order valence-electron chi connectivity index (χ4n) is 4.79. The van der Waals surface area contributed by atoms with Crippen LogP contribution in [0.4, 0.5) is 13.2 Å². The van der Waals surface area contributed by atoms with Crippen molar-refractivity contribution in [3.8, 4) is 0 Å². The highest BCUT2D eigenvalue weighted by atomic mass is 32.2. The van der Waals surface area contributed by atoms with Crippen LogP contribution in [0.1, 0.15) is 52.0 Å². The third-order valence-electron chi connectivity index (χ3n) is 6.31. The molecule has 6 nitrogen and oxygen atoms in total. The van der Waals surface area contributed by atoms with Gasteiger partial charge in [-0.15, -0.1) is 4.72 Å². The molecule has 4 atom stereocenters. The van der Waals surface area contributed by atoms with Crippen LogP contribution in [0.5, 0.6) is 0 Å². The van der Waals surface area contributed by atoms with Crippen molar-refractivity contribution in [2.45, 2.75) is 75.7 Å². The molecule has 0 aliphatic carbocycles. The molecule has 1 aromatic carbocycles. The molecule has 2 heterocycles. The smallest absolute Gasteiger partial charge is 0.215 e. The van der Waals surface area contributed by atoms with Gasteiger partial charge in [-0.25, -0.2) is 21.6 Å². The Bertz CT molecular complexity index is 913. The Morgan fingerprint density at radius 2 is 1.72 bits per heavy atom. The fraction of sp³-hybridized carbons (Fsp3) is 0.714. The van der Waals surface area contributed by atoms with Crippen molar-refractivity contribution < 1.29 is 26.1 Å². The second-order valence-corrected chi connectivity index (χ2v) is 13.7. The summed E-state index contributed by atoms with van der Waals surface area (Å²) in [5.74, 6) is -3.47. The number of nitrogens with one attached hydrogen (secondary N) is 1. The van der Waals surface area contributed by atoms with Crippen LogP contribution in [0.2, 0.25) is 0 Å². The number of piperidine rings is 1. The molecular weight excluding hydrogens is 463 g/mol. The van der Waals surface area contributed by atoms with Gasteiger partial charge in [-0.3, -0.25) is 0 Å². The van der Waals surface area contributed by atoms with Crippen molar-refractivity contribution in [1.29, 1.82) is 0 Å². The number of sulfonamides is 1. The van der Waals surface area contributed by atoms with Crippen LogP contribution in [-0.4, -0.2) is 52.4 Å². The zero-order valence-electron chi connectivity index (χ0n) is 18.6. The van der Waals surface area contributed by atoms with E-state index in [2.05, 4.69) is 4.72 Å². The van der Waals surface area contributed by atoms with Gasteiger partial charge in [0.1, 0.15) is 10.6 Å². The molecule has 3 rings (SSSR count). The number of hydrogen-bond acceptors (Lipinski definition) is 5. The van der Waals surface area contributed by atoms with E-state index in [4.69, 9.17) is 5.73 Å². The molecule has 11 heteroatoms. The Labute approximate surface area is 191 Å². The summed E-state index contributed by atoms with van der Waals surface area (Å²) in [6, 6.07) is 0.481. The van der Waals surface area contributed by atoms with E-state index in [9.17, 15) is 26.1 Å². The predicted molar refractivity (Wildman–Crippen MR) is 119 cm³/mol. The summed E-state index contributed by atoms with van der Waals surface area (Å²) in [5.41, 5.74) is 5.48. The highest BCUT2D eigenvalue weighted by molar-refractivity contribution is 7.90. The first-order chi connectivity index (χ1) is 14.8. The molecule has 2 bridgehead atoms. The highest BCUT2D eigenvalue weighted by Gasteiger charge is 2.48. The predicted octanol–water partition coefficient (Wildman–Crippen LogP) is 2.60. The molecule has 3 unspecified atom stereocenters. The van der Waals surface area contributed by atoms with E-state index in [-0.39, 0.29) is 42.3 Å². The van der Waals surface area contributed by atoms with Gasteiger partial charge in [0.25, 0.3) is 0 Å². The number of hydrogen-bond donors (Lipinski definition) is 2. The van der Waals surface area contributed by atoms with Crippen molar-refractivity contribution in [3.05, 3.63) is 35.1 Å². The molecule has 2 aliphatic heterocycles. The highest BCUT2D eigenvalue weighted by Crippen LogP contribution is 2.42. The van der Waals surface area contributed by atoms with Crippen molar-refractivity contribution in [3.63, 3.8) is 0 Å². The van der Waals surface area contributed by atoms with Gasteiger partial charge in [-0.05, 0) is 70.4 Å². The number of nitrogens with zero attached hydrogens (tertiary/aromatic N) is 1. The van der Waals surface area contributed by atoms with E-state index in [0.29, 0.717) is 18.9 Å². The average molecular weight is 496 g/mol. The summed E-state index contributed by atoms with van der Waals surface area (Å²) in [5, 5.41) is 0. The monoisotopic (exact) mass is 495 g/mol. The first-order valence-corrected chi connectivity index (χ1v) is 13.6. The van der Waals surface area contributed by atoms with E-state index in [1.54, 1.807) is 25.1 Å². The van der Waals surface area contributed by atoms with Crippen LogP contribution in [0.3, 0.4) is 0 Å². The zero-order valence-corrected chi connectivity index (χ0v) is 20.2. The standard InChI is InChI=1S/C21H32F3N3O3S2/c1-21(2,3)31(28)26-20(11-13-10-18(23)19(24)12-17(13)22)14-8-15-4-5-16(9-14)27(15)32(29,30)7-6-25/h10,12,14-16,20,26H,4-9,11,25H2,1-3H3/t14?,15?,16?,20-,31?/m0/s1. The molecule has 2 saturated heterocycles. The molecule has 0 spiro atoms. The quantitative estimate of drug-likeness (QED) is 0.427. The van der Waals surface area contributed by atoms with Crippen molar-refractivity contribution in [1.82, 2.24) is 9.03 Å². The van der Waals surface area contributed by atoms with Gasteiger partial charge in [0, 0.05) is 36.1 Å². The summed E-state index contributed by atoms with van der Waals surface area (Å²) < 4.78 is 83.9. The molecule has 0 radical (unpaired) electrons. The van der Waals surface area contributed by atoms with Gasteiger partial charge in [0.05, 0.1) is 11.8 Å². The molecule has 1 aromatic rings. The van der Waals surface area contributed by atoms with Crippen molar-refractivity contribution in [2.75, 3.05) is 12.3 Å². The van der Waals surface area contributed by atoms with Gasteiger partial charge in [-0.2, -0.15) is 4.31 Å². The van der Waals surface area contributed by atoms with Gasteiger partial charge in [0.15, 0.2) is 11.6 Å². The van der Waals surface area contributed by atoms with Crippen LogP contribution in [0.25, 0.3) is 0 Å². The number of fused-ring (bicyclic) bond motifs is 2. The van der Waals surface area contributed by atoms with Crippen LogP contribution >= 0.6 is 0 Å². The van der Waals surface area contributed by atoms with Gasteiger partial charge in [0.2, 0.25) is 10.0 Å². The first kappa shape index (κ1) is 25.8. The Morgan fingerprint density at radius 3 is 2.25 bits per heavy atom. The number of nitrogens with two attached hydrogens (primary N) is 1. The minimum Gasteiger partial charge on any atom is -0.598 e. The molecule has 0 saturated carbocycles. The van der Waals surface area contributed by atoms with Gasteiger partial charge >= 0.3 is 0 Å². The molecule has 3 N–H and O–H groups in total. The summed E-state index contributed by atoms with van der Waals surface area (Å²) in [7, 11) is -3.46. The summed E-state index contributed by atoms with van der Waals surface area (Å²) in [6.45, 7) is 5.46. The van der Waals surface area contributed by atoms with E-state index in [1.807, 2.05) is 0 Å². The summed E-state index contributed by atoms with van der Waals surface area (Å²) in [6.07, 6.45) is 2.50. The van der Waals surface area contributed by atoms with Crippen LogP contribution < -0.4 is 10.5 Å². The minimum atomic E-state index is -3.46. The maximum Gasteiger partial charge on any atom is 0.215 e.